The molecule has 2 N–H and O–H groups in total. The first-order valence-electron chi connectivity index (χ1n) is 6.84. The van der Waals surface area contributed by atoms with Gasteiger partial charge in [-0.05, 0) is 38.0 Å². The Morgan fingerprint density at radius 3 is 2.28 bits per heavy atom. The monoisotopic (exact) mass is 255 g/mol. The molecule has 4 unspecified atom stereocenters. The average Bonchev–Trinajstić information content (AvgIpc) is 2.58. The van der Waals surface area contributed by atoms with Gasteiger partial charge in [-0.3, -0.25) is 9.59 Å². The zero-order chi connectivity index (χ0) is 13.9. The summed E-state index contributed by atoms with van der Waals surface area (Å²) in [6.07, 6.45) is 2.23. The molecule has 4 heteroatoms. The van der Waals surface area contributed by atoms with Crippen LogP contribution in [-0.4, -0.2) is 23.0 Å². The minimum absolute atomic E-state index is 0.0834. The van der Waals surface area contributed by atoms with Gasteiger partial charge in [0.25, 0.3) is 0 Å². The van der Waals surface area contributed by atoms with E-state index in [0.29, 0.717) is 24.7 Å². The van der Waals surface area contributed by atoms with Gasteiger partial charge in [-0.15, -0.1) is 0 Å². The lowest BCUT2D eigenvalue weighted by atomic mass is 9.94. The number of hydrogen-bond acceptors (Lipinski definition) is 2. The van der Waals surface area contributed by atoms with Crippen LogP contribution in [0.1, 0.15) is 47.0 Å². The molecule has 0 aromatic rings. The number of aliphatic carboxylic acids is 1. The Morgan fingerprint density at radius 1 is 1.22 bits per heavy atom. The summed E-state index contributed by atoms with van der Waals surface area (Å²) in [4.78, 5) is 23.3. The fourth-order valence-electron chi connectivity index (χ4n) is 2.97. The second-order valence-corrected chi connectivity index (χ2v) is 6.17. The van der Waals surface area contributed by atoms with Crippen molar-refractivity contribution in [1.82, 2.24) is 5.32 Å². The summed E-state index contributed by atoms with van der Waals surface area (Å²) in [5, 5.41) is 12.1. The molecule has 0 spiro atoms. The van der Waals surface area contributed by atoms with Crippen molar-refractivity contribution in [2.75, 3.05) is 0 Å². The molecule has 0 aliphatic heterocycles. The number of carboxylic acids is 1. The van der Waals surface area contributed by atoms with Crippen LogP contribution in [-0.2, 0) is 9.59 Å². The summed E-state index contributed by atoms with van der Waals surface area (Å²) in [5.74, 6) is -0.936. The highest BCUT2D eigenvalue weighted by atomic mass is 16.4. The highest BCUT2D eigenvalue weighted by molar-refractivity contribution is 5.85. The Kier molecular flexibility index (Phi) is 5.17. The van der Waals surface area contributed by atoms with E-state index < -0.39 is 11.9 Å². The maximum absolute atomic E-state index is 12.1. The average molecular weight is 255 g/mol. The van der Waals surface area contributed by atoms with E-state index in [1.165, 1.54) is 0 Å². The van der Waals surface area contributed by atoms with Gasteiger partial charge in [-0.25, -0.2) is 0 Å². The maximum Gasteiger partial charge on any atom is 0.307 e. The van der Waals surface area contributed by atoms with Gasteiger partial charge in [0.15, 0.2) is 0 Å². The van der Waals surface area contributed by atoms with Gasteiger partial charge in [0, 0.05) is 6.04 Å². The van der Waals surface area contributed by atoms with Gasteiger partial charge in [0.05, 0.1) is 11.8 Å². The third-order valence-corrected chi connectivity index (χ3v) is 3.67. The van der Waals surface area contributed by atoms with Crippen molar-refractivity contribution in [1.29, 1.82) is 0 Å². The van der Waals surface area contributed by atoms with Crippen molar-refractivity contribution in [3.05, 3.63) is 0 Å². The van der Waals surface area contributed by atoms with Crippen LogP contribution in [0, 0.1) is 23.7 Å². The van der Waals surface area contributed by atoms with E-state index in [4.69, 9.17) is 5.11 Å². The lowest BCUT2D eigenvalue weighted by Gasteiger charge is -2.20. The van der Waals surface area contributed by atoms with Crippen LogP contribution >= 0.6 is 0 Å². The quantitative estimate of drug-likeness (QED) is 0.792. The summed E-state index contributed by atoms with van der Waals surface area (Å²) in [7, 11) is 0. The lowest BCUT2D eigenvalue weighted by molar-refractivity contribution is -0.146. The molecule has 1 saturated carbocycles. The molecule has 104 valence electrons. The fourth-order valence-corrected chi connectivity index (χ4v) is 2.97. The molecule has 18 heavy (non-hydrogen) atoms. The SMILES string of the molecule is CC(C)CC(C)NC(=O)C1CC(C)CC1C(=O)O. The fraction of sp³-hybridized carbons (Fsp3) is 0.857. The number of rotatable bonds is 5. The van der Waals surface area contributed by atoms with Crippen LogP contribution in [0.2, 0.25) is 0 Å². The molecule has 4 atom stereocenters. The van der Waals surface area contributed by atoms with Crippen LogP contribution in [0.4, 0.5) is 0 Å². The zero-order valence-electron chi connectivity index (χ0n) is 11.8. The van der Waals surface area contributed by atoms with E-state index in [9.17, 15) is 9.59 Å². The first-order chi connectivity index (χ1) is 8.31. The molecular weight excluding hydrogens is 230 g/mol. The van der Waals surface area contributed by atoms with Crippen LogP contribution in [0.3, 0.4) is 0 Å². The topological polar surface area (TPSA) is 66.4 Å². The van der Waals surface area contributed by atoms with Crippen molar-refractivity contribution in [2.45, 2.75) is 53.0 Å². The maximum atomic E-state index is 12.1. The predicted octanol–water partition coefficient (Wildman–Crippen LogP) is 2.28. The van der Waals surface area contributed by atoms with Crippen LogP contribution in [0.15, 0.2) is 0 Å². The Morgan fingerprint density at radius 2 is 1.78 bits per heavy atom. The second kappa shape index (κ2) is 6.21. The molecule has 0 heterocycles. The highest BCUT2D eigenvalue weighted by Crippen LogP contribution is 2.36. The second-order valence-electron chi connectivity index (χ2n) is 6.17. The number of carbonyl (C=O) groups is 2. The molecule has 0 bridgehead atoms. The van der Waals surface area contributed by atoms with Gasteiger partial charge in [0.1, 0.15) is 0 Å². The Bertz CT molecular complexity index is 314. The van der Waals surface area contributed by atoms with E-state index in [1.807, 2.05) is 13.8 Å². The summed E-state index contributed by atoms with van der Waals surface area (Å²) in [6.45, 7) is 8.22. The molecule has 1 rings (SSSR count). The molecule has 1 amide bonds. The van der Waals surface area contributed by atoms with Gasteiger partial charge < -0.3 is 10.4 Å². The van der Waals surface area contributed by atoms with Crippen molar-refractivity contribution >= 4 is 11.9 Å². The Labute approximate surface area is 109 Å². The number of hydrogen-bond donors (Lipinski definition) is 2. The largest absolute Gasteiger partial charge is 0.481 e. The van der Waals surface area contributed by atoms with E-state index in [1.54, 1.807) is 0 Å². The van der Waals surface area contributed by atoms with E-state index >= 15 is 0 Å². The summed E-state index contributed by atoms with van der Waals surface area (Å²) < 4.78 is 0. The first kappa shape index (κ1) is 15.0. The molecule has 0 radical (unpaired) electrons. The van der Waals surface area contributed by atoms with Crippen LogP contribution < -0.4 is 5.32 Å². The molecule has 0 aromatic heterocycles. The predicted molar refractivity (Wildman–Crippen MR) is 70.1 cm³/mol. The van der Waals surface area contributed by atoms with Gasteiger partial charge >= 0.3 is 5.97 Å². The Balaban J connectivity index is 2.57. The molecule has 1 fully saturated rings. The normalized spacial score (nSPS) is 29.3. The van der Waals surface area contributed by atoms with Crippen molar-refractivity contribution in [3.8, 4) is 0 Å². The molecule has 0 saturated heterocycles. The highest BCUT2D eigenvalue weighted by Gasteiger charge is 2.41. The lowest BCUT2D eigenvalue weighted by Crippen LogP contribution is -2.40. The van der Waals surface area contributed by atoms with Gasteiger partial charge in [0.2, 0.25) is 5.91 Å². The van der Waals surface area contributed by atoms with Crippen molar-refractivity contribution < 1.29 is 14.7 Å². The number of carboxylic acid groups (broad SMARTS) is 1. The summed E-state index contributed by atoms with van der Waals surface area (Å²) in [5.41, 5.74) is 0. The third-order valence-electron chi connectivity index (χ3n) is 3.67. The van der Waals surface area contributed by atoms with Crippen molar-refractivity contribution in [2.24, 2.45) is 23.7 Å². The number of nitrogens with one attached hydrogen (secondary N) is 1. The zero-order valence-corrected chi connectivity index (χ0v) is 11.8. The van der Waals surface area contributed by atoms with Gasteiger partial charge in [-0.2, -0.15) is 0 Å². The molecule has 0 aromatic carbocycles. The minimum Gasteiger partial charge on any atom is -0.481 e. The molecule has 4 nitrogen and oxygen atoms in total. The molecule has 1 aliphatic carbocycles. The first-order valence-corrected chi connectivity index (χ1v) is 6.84. The summed E-state index contributed by atoms with van der Waals surface area (Å²) >= 11 is 0. The molecular formula is C14H25NO3. The molecule has 1 aliphatic rings. The minimum atomic E-state index is -0.837. The van der Waals surface area contributed by atoms with Crippen LogP contribution in [0.25, 0.3) is 0 Å². The standard InChI is InChI=1S/C14H25NO3/c1-8(2)5-10(4)15-13(16)11-6-9(3)7-12(11)14(17)18/h8-12H,5-7H2,1-4H3,(H,15,16)(H,17,18). The van der Waals surface area contributed by atoms with E-state index in [-0.39, 0.29) is 17.9 Å². The van der Waals surface area contributed by atoms with E-state index in [0.717, 1.165) is 6.42 Å². The number of carbonyl (C=O) groups excluding carboxylic acids is 1. The van der Waals surface area contributed by atoms with Crippen molar-refractivity contribution in [3.63, 3.8) is 0 Å². The van der Waals surface area contributed by atoms with Gasteiger partial charge in [-0.1, -0.05) is 20.8 Å². The van der Waals surface area contributed by atoms with Crippen LogP contribution in [0.5, 0.6) is 0 Å². The summed E-state index contributed by atoms with van der Waals surface area (Å²) in [6, 6.07) is 0.114. The Hall–Kier alpha value is -1.06. The third kappa shape index (κ3) is 4.00. The van der Waals surface area contributed by atoms with E-state index in [2.05, 4.69) is 19.2 Å². The number of amides is 1. The smallest absolute Gasteiger partial charge is 0.307 e.